The van der Waals surface area contributed by atoms with Crippen LogP contribution in [0, 0.1) is 101 Å². The third-order valence-corrected chi connectivity index (χ3v) is 12.9. The molecule has 0 nitrogen and oxygen atoms in total. The van der Waals surface area contributed by atoms with Crippen LogP contribution in [-0.2, 0) is 6.18 Å². The van der Waals surface area contributed by atoms with E-state index in [-0.39, 0.29) is 17.5 Å². The Morgan fingerprint density at radius 2 is 0.586 bits per heavy atom. The standard InChI is InChI=1S/C10H11Cl.C10H11F.C9H9F3.2C8H9Cl.2C8H9F/c2*1-7-2-5-9(11)6-10(7)8-3-4-8;1-6-3-4-8(5-7(6)2)9(10,11)12;4*1-6-3-4-8(9)5-7(6)2/h2*2,5-6,8H,3-4H2,1H3;3-5H,1-2H3;4*3-5H,1-2H3. The van der Waals surface area contributed by atoms with Gasteiger partial charge >= 0.3 is 6.18 Å². The molecule has 0 bridgehead atoms. The van der Waals surface area contributed by atoms with Gasteiger partial charge in [-0.15, -0.1) is 0 Å². The lowest BCUT2D eigenvalue weighted by Crippen LogP contribution is -2.05. The summed E-state index contributed by atoms with van der Waals surface area (Å²) in [6.45, 7) is 23.7. The quantitative estimate of drug-likeness (QED) is 0.151. The molecular weight excluding hydrogens is 953 g/mol. The van der Waals surface area contributed by atoms with E-state index >= 15 is 0 Å². The van der Waals surface area contributed by atoms with Gasteiger partial charge in [0.1, 0.15) is 17.5 Å². The minimum absolute atomic E-state index is 0.0995. The Morgan fingerprint density at radius 3 is 0.886 bits per heavy atom. The lowest BCUT2D eigenvalue weighted by molar-refractivity contribution is -0.137. The van der Waals surface area contributed by atoms with Crippen molar-refractivity contribution < 1.29 is 26.3 Å². The van der Waals surface area contributed by atoms with Gasteiger partial charge in [0.05, 0.1) is 5.56 Å². The molecule has 0 saturated heterocycles. The molecule has 0 amide bonds. The topological polar surface area (TPSA) is 0 Å². The third kappa shape index (κ3) is 21.5. The van der Waals surface area contributed by atoms with Crippen LogP contribution in [0.1, 0.15) is 121 Å². The Balaban J connectivity index is 0.000000217. The second-order valence-electron chi connectivity index (χ2n) is 18.3. The van der Waals surface area contributed by atoms with E-state index in [1.54, 1.807) is 32.0 Å². The number of alkyl halides is 3. The van der Waals surface area contributed by atoms with Gasteiger partial charge in [-0.05, 0) is 283 Å². The molecule has 0 unspecified atom stereocenters. The van der Waals surface area contributed by atoms with Crippen molar-refractivity contribution in [3.8, 4) is 0 Å². The summed E-state index contributed by atoms with van der Waals surface area (Å²) in [6.07, 6.45) is 0.954. The van der Waals surface area contributed by atoms with Gasteiger partial charge in [0.2, 0.25) is 0 Å². The second kappa shape index (κ2) is 28.1. The van der Waals surface area contributed by atoms with Crippen LogP contribution in [0.2, 0.25) is 15.1 Å². The van der Waals surface area contributed by atoms with E-state index in [1.165, 1.54) is 107 Å². The molecule has 7 aromatic carbocycles. The van der Waals surface area contributed by atoms with Crippen LogP contribution >= 0.6 is 34.8 Å². The van der Waals surface area contributed by atoms with Crippen molar-refractivity contribution in [2.75, 3.05) is 0 Å². The summed E-state index contributed by atoms with van der Waals surface area (Å²) < 4.78 is 73.7. The Kier molecular flexibility index (Phi) is 23.8. The molecule has 0 aromatic heterocycles. The number of halogens is 9. The van der Waals surface area contributed by atoms with E-state index in [9.17, 15) is 26.3 Å². The van der Waals surface area contributed by atoms with Crippen molar-refractivity contribution in [1.82, 2.24) is 0 Å². The Labute approximate surface area is 429 Å². The van der Waals surface area contributed by atoms with Gasteiger partial charge in [0.15, 0.2) is 0 Å². The fourth-order valence-corrected chi connectivity index (χ4v) is 7.26. The maximum Gasteiger partial charge on any atom is 0.416 e. The first-order valence-electron chi connectivity index (χ1n) is 23.3. The molecule has 0 heterocycles. The average molecular weight is 1020 g/mol. The van der Waals surface area contributed by atoms with Gasteiger partial charge in [-0.1, -0.05) is 77.3 Å². The number of hydrogen-bond acceptors (Lipinski definition) is 0. The normalized spacial score (nSPS) is 12.3. The van der Waals surface area contributed by atoms with E-state index in [0.717, 1.165) is 60.9 Å². The molecule has 9 heteroatoms. The number of rotatable bonds is 2. The van der Waals surface area contributed by atoms with E-state index < -0.39 is 11.7 Å². The molecule has 0 atom stereocenters. The predicted octanol–water partition coefficient (Wildman–Crippen LogP) is 20.7. The summed E-state index contributed by atoms with van der Waals surface area (Å²) >= 11 is 17.3. The summed E-state index contributed by atoms with van der Waals surface area (Å²) in [5, 5.41) is 2.51. The molecule has 7 aromatic rings. The van der Waals surface area contributed by atoms with Crippen LogP contribution in [0.4, 0.5) is 26.3 Å². The van der Waals surface area contributed by atoms with Crippen molar-refractivity contribution in [3.05, 3.63) is 243 Å². The molecule has 2 saturated carbocycles. The zero-order valence-electron chi connectivity index (χ0n) is 42.5. The van der Waals surface area contributed by atoms with Gasteiger partial charge in [-0.3, -0.25) is 0 Å². The van der Waals surface area contributed by atoms with Crippen molar-refractivity contribution in [3.63, 3.8) is 0 Å². The average Bonchev–Trinajstić information content (AvgIpc) is 4.23. The molecule has 2 aliphatic carbocycles. The van der Waals surface area contributed by atoms with Gasteiger partial charge in [0.25, 0.3) is 0 Å². The van der Waals surface area contributed by atoms with Crippen LogP contribution in [-0.4, -0.2) is 0 Å². The monoisotopic (exact) mass is 1020 g/mol. The van der Waals surface area contributed by atoms with Gasteiger partial charge in [0, 0.05) is 15.1 Å². The Morgan fingerprint density at radius 1 is 0.314 bits per heavy atom. The summed E-state index contributed by atoms with van der Waals surface area (Å²) in [6, 6.07) is 36.4. The van der Waals surface area contributed by atoms with Gasteiger partial charge < -0.3 is 0 Å². The SMILES string of the molecule is Cc1ccc(C(F)(F)F)cc1C.Cc1ccc(Cl)cc1C.Cc1ccc(Cl)cc1C.Cc1ccc(Cl)cc1C1CC1.Cc1ccc(F)cc1C.Cc1ccc(F)cc1C.Cc1ccc(F)cc1C1CC1. The van der Waals surface area contributed by atoms with Crippen LogP contribution < -0.4 is 0 Å². The zero-order chi connectivity index (χ0) is 52.5. The molecule has 70 heavy (non-hydrogen) atoms. The summed E-state index contributed by atoms with van der Waals surface area (Å²) in [7, 11) is 0. The molecule has 9 rings (SSSR count). The van der Waals surface area contributed by atoms with E-state index in [1.807, 2.05) is 83.1 Å². The lowest BCUT2D eigenvalue weighted by Gasteiger charge is -2.08. The fraction of sp³-hybridized carbons (Fsp3) is 0.311. The van der Waals surface area contributed by atoms with E-state index in [2.05, 4.69) is 46.8 Å². The minimum atomic E-state index is -4.22. The smallest absolute Gasteiger partial charge is 0.207 e. The van der Waals surface area contributed by atoms with Crippen LogP contribution in [0.25, 0.3) is 0 Å². The molecule has 2 fully saturated rings. The van der Waals surface area contributed by atoms with Gasteiger partial charge in [-0.25, -0.2) is 13.2 Å². The zero-order valence-corrected chi connectivity index (χ0v) is 44.8. The first kappa shape index (κ1) is 59.3. The molecule has 0 radical (unpaired) electrons. The van der Waals surface area contributed by atoms with Crippen molar-refractivity contribution in [2.24, 2.45) is 0 Å². The molecule has 0 aliphatic heterocycles. The first-order chi connectivity index (χ1) is 32.7. The van der Waals surface area contributed by atoms with Crippen molar-refractivity contribution in [1.29, 1.82) is 0 Å². The van der Waals surface area contributed by atoms with Crippen molar-refractivity contribution >= 4 is 34.8 Å². The highest BCUT2D eigenvalue weighted by Crippen LogP contribution is 2.43. The van der Waals surface area contributed by atoms with Crippen molar-refractivity contribution in [2.45, 2.75) is 127 Å². The first-order valence-corrected chi connectivity index (χ1v) is 24.5. The second-order valence-corrected chi connectivity index (χ2v) is 19.6. The summed E-state index contributed by atoms with van der Waals surface area (Å²) in [5.41, 5.74) is 15.6. The molecular formula is C61H67Cl3F6. The highest BCUT2D eigenvalue weighted by atomic mass is 35.5. The maximum absolute atomic E-state index is 12.7. The molecule has 0 N–H and O–H groups in total. The lowest BCUT2D eigenvalue weighted by atomic mass is 10.0. The molecule has 0 spiro atoms. The summed E-state index contributed by atoms with van der Waals surface area (Å²) in [4.78, 5) is 0. The fourth-order valence-electron chi connectivity index (χ4n) is 6.63. The molecule has 374 valence electrons. The minimum Gasteiger partial charge on any atom is -0.207 e. The van der Waals surface area contributed by atoms with E-state index in [0.29, 0.717) is 11.5 Å². The van der Waals surface area contributed by atoms with E-state index in [4.69, 9.17) is 34.8 Å². The van der Waals surface area contributed by atoms with Crippen LogP contribution in [0.15, 0.2) is 127 Å². The number of hydrogen-bond donors (Lipinski definition) is 0. The highest BCUT2D eigenvalue weighted by molar-refractivity contribution is 6.31. The van der Waals surface area contributed by atoms with Gasteiger partial charge in [-0.2, -0.15) is 13.2 Å². The third-order valence-electron chi connectivity index (χ3n) is 12.2. The Bertz CT molecular complexity index is 2510. The Hall–Kier alpha value is -5.01. The predicted molar refractivity (Wildman–Crippen MR) is 286 cm³/mol. The largest absolute Gasteiger partial charge is 0.416 e. The highest BCUT2D eigenvalue weighted by Gasteiger charge is 2.30. The summed E-state index contributed by atoms with van der Waals surface area (Å²) in [5.74, 6) is 1.06. The molecule has 2 aliphatic rings. The van der Waals surface area contributed by atoms with Crippen LogP contribution in [0.5, 0.6) is 0 Å². The number of benzene rings is 7. The number of aryl methyl sites for hydroxylation is 12. The maximum atomic E-state index is 12.7. The van der Waals surface area contributed by atoms with Crippen LogP contribution in [0.3, 0.4) is 0 Å².